The maximum Gasteiger partial charge on any atom is 0.100 e. The SMILES string of the molecule is N#Cc1c(-c2cccnc2)c(-c2cccnc2)c(-c2cccnc2)c(-c2cccc(N(c3ccccc3)c3ccccc3)c2)c1-c1cccnc1. The predicted octanol–water partition coefficient (Wildman–Crippen LogP) is 10.9. The fourth-order valence-electron chi connectivity index (χ4n) is 6.75. The minimum Gasteiger partial charge on any atom is -0.310 e. The number of benzene rings is 4. The number of anilines is 3. The van der Waals surface area contributed by atoms with E-state index >= 15 is 0 Å². The highest BCUT2D eigenvalue weighted by atomic mass is 15.1. The van der Waals surface area contributed by atoms with E-state index in [-0.39, 0.29) is 0 Å². The average Bonchev–Trinajstić information content (AvgIpc) is 3.22. The molecule has 6 heteroatoms. The Balaban J connectivity index is 1.54. The molecule has 0 aliphatic heterocycles. The molecule has 0 atom stereocenters. The van der Waals surface area contributed by atoms with Crippen molar-refractivity contribution in [2.45, 2.75) is 0 Å². The molecule has 0 fully saturated rings. The molecule has 0 aliphatic carbocycles. The van der Waals surface area contributed by atoms with Crippen molar-refractivity contribution in [2.75, 3.05) is 4.90 Å². The monoisotopic (exact) mass is 654 g/mol. The summed E-state index contributed by atoms with van der Waals surface area (Å²) in [6, 6.07) is 47.6. The maximum atomic E-state index is 11.2. The van der Waals surface area contributed by atoms with Crippen molar-refractivity contribution in [1.29, 1.82) is 5.26 Å². The van der Waals surface area contributed by atoms with Gasteiger partial charge in [0.2, 0.25) is 0 Å². The molecule has 4 aromatic carbocycles. The molecular weight excluding hydrogens is 625 g/mol. The van der Waals surface area contributed by atoms with Gasteiger partial charge in [-0.25, -0.2) is 0 Å². The summed E-state index contributed by atoms with van der Waals surface area (Å²) in [4.78, 5) is 20.4. The average molecular weight is 655 g/mol. The van der Waals surface area contributed by atoms with Crippen LogP contribution in [0.5, 0.6) is 0 Å². The topological polar surface area (TPSA) is 78.6 Å². The lowest BCUT2D eigenvalue weighted by molar-refractivity contribution is 1.28. The van der Waals surface area contributed by atoms with Gasteiger partial charge >= 0.3 is 0 Å². The van der Waals surface area contributed by atoms with E-state index in [9.17, 15) is 5.26 Å². The van der Waals surface area contributed by atoms with Crippen molar-refractivity contribution in [3.05, 3.63) is 189 Å². The van der Waals surface area contributed by atoms with Gasteiger partial charge in [-0.3, -0.25) is 19.9 Å². The standard InChI is InChI=1S/C45H30N6/c46-27-40-41(33-13-8-22-47-28-33)43(32-12-7-21-39(26-32)51(37-17-3-1-4-18-37)38-19-5-2-6-20-38)45(36-16-11-25-50-31-36)44(35-15-10-24-49-30-35)42(40)34-14-9-23-48-29-34/h1-26,28-31H. The first-order valence-corrected chi connectivity index (χ1v) is 16.6. The summed E-state index contributed by atoms with van der Waals surface area (Å²) in [5.41, 5.74) is 12.1. The van der Waals surface area contributed by atoms with Gasteiger partial charge in [-0.15, -0.1) is 0 Å². The van der Waals surface area contributed by atoms with E-state index in [4.69, 9.17) is 0 Å². The molecule has 240 valence electrons. The number of rotatable bonds is 8. The molecule has 0 saturated carbocycles. The second-order valence-electron chi connectivity index (χ2n) is 11.9. The molecule has 0 unspecified atom stereocenters. The van der Waals surface area contributed by atoms with Crippen molar-refractivity contribution >= 4 is 17.1 Å². The molecule has 4 aromatic heterocycles. The van der Waals surface area contributed by atoms with Crippen molar-refractivity contribution < 1.29 is 0 Å². The summed E-state index contributed by atoms with van der Waals surface area (Å²) in [5, 5.41) is 11.2. The fourth-order valence-corrected chi connectivity index (χ4v) is 6.75. The van der Waals surface area contributed by atoms with Crippen molar-refractivity contribution in [1.82, 2.24) is 19.9 Å². The van der Waals surface area contributed by atoms with Crippen LogP contribution in [0.4, 0.5) is 17.1 Å². The first-order chi connectivity index (χ1) is 25.3. The summed E-state index contributed by atoms with van der Waals surface area (Å²) in [6.07, 6.45) is 14.4. The van der Waals surface area contributed by atoms with E-state index in [0.29, 0.717) is 5.56 Å². The number of hydrogen-bond acceptors (Lipinski definition) is 6. The molecule has 8 rings (SSSR count). The first-order valence-electron chi connectivity index (χ1n) is 16.6. The Kier molecular flexibility index (Phi) is 8.58. The minimum absolute atomic E-state index is 0.519. The van der Waals surface area contributed by atoms with Crippen molar-refractivity contribution in [2.24, 2.45) is 0 Å². The van der Waals surface area contributed by atoms with Gasteiger partial charge in [-0.05, 0) is 71.8 Å². The van der Waals surface area contributed by atoms with Gasteiger partial charge in [0.15, 0.2) is 0 Å². The molecule has 51 heavy (non-hydrogen) atoms. The largest absolute Gasteiger partial charge is 0.310 e. The van der Waals surface area contributed by atoms with E-state index < -0.39 is 0 Å². The van der Waals surface area contributed by atoms with Crippen LogP contribution in [0.3, 0.4) is 0 Å². The van der Waals surface area contributed by atoms with E-state index in [0.717, 1.165) is 72.7 Å². The number of aromatic nitrogens is 4. The Morgan fingerprint density at radius 3 is 1.16 bits per heavy atom. The van der Waals surface area contributed by atoms with Crippen LogP contribution in [-0.2, 0) is 0 Å². The minimum atomic E-state index is 0.519. The zero-order valence-electron chi connectivity index (χ0n) is 27.5. The summed E-state index contributed by atoms with van der Waals surface area (Å²) in [6.45, 7) is 0. The van der Waals surface area contributed by atoms with Gasteiger partial charge < -0.3 is 4.90 Å². The molecule has 6 nitrogen and oxygen atoms in total. The van der Waals surface area contributed by atoms with Crippen LogP contribution in [0.15, 0.2) is 183 Å². The van der Waals surface area contributed by atoms with Crippen LogP contribution >= 0.6 is 0 Å². The number of pyridine rings is 4. The van der Waals surface area contributed by atoms with Gasteiger partial charge in [-0.1, -0.05) is 72.8 Å². The number of hydrogen-bond donors (Lipinski definition) is 0. The normalized spacial score (nSPS) is 10.7. The molecule has 0 amide bonds. The van der Waals surface area contributed by atoms with Gasteiger partial charge in [0.1, 0.15) is 6.07 Å². The van der Waals surface area contributed by atoms with E-state index in [1.54, 1.807) is 24.8 Å². The van der Waals surface area contributed by atoms with E-state index in [1.165, 1.54) is 0 Å². The lowest BCUT2D eigenvalue weighted by Crippen LogP contribution is -2.10. The Bertz CT molecular complexity index is 2410. The first kappa shape index (κ1) is 31.1. The fraction of sp³-hybridized carbons (Fsp3) is 0. The van der Waals surface area contributed by atoms with Crippen LogP contribution in [0.1, 0.15) is 5.56 Å². The molecule has 8 aromatic rings. The third-order valence-corrected chi connectivity index (χ3v) is 8.83. The Labute approximate surface area is 296 Å². The highest BCUT2D eigenvalue weighted by molar-refractivity contribution is 6.10. The van der Waals surface area contributed by atoms with Crippen LogP contribution in [0, 0.1) is 11.3 Å². The smallest absolute Gasteiger partial charge is 0.100 e. The van der Waals surface area contributed by atoms with Gasteiger partial charge in [0.05, 0.1) is 5.56 Å². The second kappa shape index (κ2) is 14.1. The molecule has 0 saturated heterocycles. The van der Waals surface area contributed by atoms with Crippen LogP contribution in [0.2, 0.25) is 0 Å². The van der Waals surface area contributed by atoms with Crippen molar-refractivity contribution in [3.8, 4) is 61.7 Å². The quantitative estimate of drug-likeness (QED) is 0.162. The van der Waals surface area contributed by atoms with E-state index in [2.05, 4.69) is 85.5 Å². The zero-order valence-corrected chi connectivity index (χ0v) is 27.5. The third-order valence-electron chi connectivity index (χ3n) is 8.83. The maximum absolute atomic E-state index is 11.2. The van der Waals surface area contributed by atoms with Gasteiger partial charge in [0, 0.05) is 111 Å². The van der Waals surface area contributed by atoms with Gasteiger partial charge in [0.25, 0.3) is 0 Å². The summed E-state index contributed by atoms with van der Waals surface area (Å²) < 4.78 is 0. The molecule has 0 spiro atoms. The molecular formula is C45H30N6. The van der Waals surface area contributed by atoms with Crippen LogP contribution in [-0.4, -0.2) is 19.9 Å². The van der Waals surface area contributed by atoms with Gasteiger partial charge in [-0.2, -0.15) is 5.26 Å². The zero-order chi connectivity index (χ0) is 34.4. The van der Waals surface area contributed by atoms with Crippen molar-refractivity contribution in [3.63, 3.8) is 0 Å². The van der Waals surface area contributed by atoms with Crippen LogP contribution in [0.25, 0.3) is 55.6 Å². The molecule has 0 bridgehead atoms. The molecule has 0 radical (unpaired) electrons. The Hall–Kier alpha value is -7.23. The predicted molar refractivity (Wildman–Crippen MR) is 204 cm³/mol. The van der Waals surface area contributed by atoms with Crippen LogP contribution < -0.4 is 4.90 Å². The summed E-state index contributed by atoms with van der Waals surface area (Å²) in [5.74, 6) is 0. The third kappa shape index (κ3) is 6.01. The molecule has 4 heterocycles. The molecule has 0 N–H and O–H groups in total. The Morgan fingerprint density at radius 2 is 0.745 bits per heavy atom. The number of para-hydroxylation sites is 2. The summed E-state index contributed by atoms with van der Waals surface area (Å²) in [7, 11) is 0. The second-order valence-corrected chi connectivity index (χ2v) is 11.9. The summed E-state index contributed by atoms with van der Waals surface area (Å²) >= 11 is 0. The molecule has 0 aliphatic rings. The van der Waals surface area contributed by atoms with E-state index in [1.807, 2.05) is 104 Å². The highest BCUT2D eigenvalue weighted by Gasteiger charge is 2.29. The Morgan fingerprint density at radius 1 is 0.373 bits per heavy atom. The number of nitriles is 1. The lowest BCUT2D eigenvalue weighted by atomic mass is 9.76. The number of nitrogens with zero attached hydrogens (tertiary/aromatic N) is 6. The lowest BCUT2D eigenvalue weighted by Gasteiger charge is -2.28. The highest BCUT2D eigenvalue weighted by Crippen LogP contribution is 2.52.